The summed E-state index contributed by atoms with van der Waals surface area (Å²) in [5, 5.41) is 0. The molecule has 1 aliphatic rings. The molecule has 0 heterocycles. The second-order valence-corrected chi connectivity index (χ2v) is 7.24. The van der Waals surface area contributed by atoms with Gasteiger partial charge in [0.2, 0.25) is 11.8 Å². The molecule has 27 heavy (non-hydrogen) atoms. The number of benzene rings is 2. The third-order valence-corrected chi connectivity index (χ3v) is 5.28. The van der Waals surface area contributed by atoms with Crippen molar-refractivity contribution < 1.29 is 9.59 Å². The average Bonchev–Trinajstić information content (AvgIpc) is 2.72. The number of hydrogen-bond donors (Lipinski definition) is 0. The van der Waals surface area contributed by atoms with Gasteiger partial charge in [0, 0.05) is 18.7 Å². The highest BCUT2D eigenvalue weighted by Crippen LogP contribution is 2.24. The van der Waals surface area contributed by atoms with Gasteiger partial charge in [-0.15, -0.1) is 0 Å². The van der Waals surface area contributed by atoms with Crippen LogP contribution in [-0.4, -0.2) is 29.3 Å². The molecule has 1 saturated carbocycles. The Morgan fingerprint density at radius 3 is 2.07 bits per heavy atom. The first-order valence-corrected chi connectivity index (χ1v) is 9.81. The Morgan fingerprint density at radius 2 is 1.48 bits per heavy atom. The second-order valence-electron chi connectivity index (χ2n) is 7.24. The molecule has 0 N–H and O–H groups in total. The molecule has 2 aromatic carbocycles. The van der Waals surface area contributed by atoms with Gasteiger partial charge in [0.05, 0.1) is 6.54 Å². The second kappa shape index (κ2) is 9.36. The minimum absolute atomic E-state index is 0.0111. The van der Waals surface area contributed by atoms with E-state index < -0.39 is 0 Å². The Labute approximate surface area is 161 Å². The predicted molar refractivity (Wildman–Crippen MR) is 108 cm³/mol. The van der Waals surface area contributed by atoms with Gasteiger partial charge in [0.25, 0.3) is 0 Å². The summed E-state index contributed by atoms with van der Waals surface area (Å²) >= 11 is 0. The van der Waals surface area contributed by atoms with Crippen molar-refractivity contribution in [2.24, 2.45) is 0 Å². The van der Waals surface area contributed by atoms with E-state index in [1.165, 1.54) is 6.42 Å². The van der Waals surface area contributed by atoms with Gasteiger partial charge < -0.3 is 9.80 Å². The molecule has 142 valence electrons. The summed E-state index contributed by atoms with van der Waals surface area (Å²) in [6.45, 7) is 2.22. The van der Waals surface area contributed by atoms with Gasteiger partial charge in [-0.2, -0.15) is 0 Å². The largest absolute Gasteiger partial charge is 0.331 e. The van der Waals surface area contributed by atoms with Crippen molar-refractivity contribution >= 4 is 17.5 Å². The molecule has 0 unspecified atom stereocenters. The normalized spacial score (nSPS) is 14.6. The monoisotopic (exact) mass is 364 g/mol. The summed E-state index contributed by atoms with van der Waals surface area (Å²) in [7, 11) is 0. The van der Waals surface area contributed by atoms with Gasteiger partial charge in [-0.25, -0.2) is 0 Å². The van der Waals surface area contributed by atoms with Crippen LogP contribution < -0.4 is 4.90 Å². The van der Waals surface area contributed by atoms with E-state index >= 15 is 0 Å². The molecule has 1 aliphatic carbocycles. The fourth-order valence-corrected chi connectivity index (χ4v) is 3.82. The van der Waals surface area contributed by atoms with E-state index in [1.807, 2.05) is 60.7 Å². The maximum Gasteiger partial charge on any atom is 0.246 e. The van der Waals surface area contributed by atoms with E-state index in [4.69, 9.17) is 0 Å². The summed E-state index contributed by atoms with van der Waals surface area (Å²) in [4.78, 5) is 29.1. The van der Waals surface area contributed by atoms with Gasteiger partial charge in [-0.1, -0.05) is 67.8 Å². The summed E-state index contributed by atoms with van der Waals surface area (Å²) in [5.74, 6) is -0.0474. The van der Waals surface area contributed by atoms with Crippen molar-refractivity contribution in [3.05, 3.63) is 66.2 Å². The van der Waals surface area contributed by atoms with E-state index in [1.54, 1.807) is 16.7 Å². The zero-order chi connectivity index (χ0) is 19.1. The number of nitrogens with zero attached hydrogens (tertiary/aromatic N) is 2. The molecule has 0 radical (unpaired) electrons. The van der Waals surface area contributed by atoms with Crippen LogP contribution in [0.1, 0.15) is 44.6 Å². The number of anilines is 1. The lowest BCUT2D eigenvalue weighted by Gasteiger charge is -2.35. The molecule has 0 aliphatic heterocycles. The SMILES string of the molecule is CC(=O)N(CC(=O)N(Cc1ccccc1)c1ccccc1)C1CCCCC1. The molecule has 0 bridgehead atoms. The van der Waals surface area contributed by atoms with Gasteiger partial charge in [-0.05, 0) is 30.5 Å². The van der Waals surface area contributed by atoms with Crippen LogP contribution in [0.3, 0.4) is 0 Å². The molecule has 0 atom stereocenters. The minimum Gasteiger partial charge on any atom is -0.331 e. The first-order chi connectivity index (χ1) is 13.1. The number of amides is 2. The maximum atomic E-state index is 13.2. The van der Waals surface area contributed by atoms with Crippen LogP contribution in [0.25, 0.3) is 0 Å². The summed E-state index contributed by atoms with van der Waals surface area (Å²) in [6.07, 6.45) is 5.48. The Balaban J connectivity index is 1.80. The van der Waals surface area contributed by atoms with Crippen molar-refractivity contribution in [3.8, 4) is 0 Å². The minimum atomic E-state index is -0.0363. The number of rotatable bonds is 6. The molecule has 2 amide bonds. The molecule has 0 spiro atoms. The molecule has 2 aromatic rings. The Bertz CT molecular complexity index is 739. The Morgan fingerprint density at radius 1 is 0.889 bits per heavy atom. The van der Waals surface area contributed by atoms with Crippen LogP contribution in [0, 0.1) is 0 Å². The number of para-hydroxylation sites is 1. The highest BCUT2D eigenvalue weighted by Gasteiger charge is 2.27. The van der Waals surface area contributed by atoms with Gasteiger partial charge >= 0.3 is 0 Å². The van der Waals surface area contributed by atoms with Gasteiger partial charge in [-0.3, -0.25) is 9.59 Å². The van der Waals surface area contributed by atoms with Crippen LogP contribution in [0.4, 0.5) is 5.69 Å². The molecular formula is C23H28N2O2. The van der Waals surface area contributed by atoms with Gasteiger partial charge in [0.1, 0.15) is 6.54 Å². The van der Waals surface area contributed by atoms with E-state index in [-0.39, 0.29) is 24.4 Å². The maximum absolute atomic E-state index is 13.2. The van der Waals surface area contributed by atoms with Crippen LogP contribution in [0.15, 0.2) is 60.7 Å². The van der Waals surface area contributed by atoms with Crippen LogP contribution >= 0.6 is 0 Å². The lowest BCUT2D eigenvalue weighted by molar-refractivity contribution is -0.136. The summed E-state index contributed by atoms with van der Waals surface area (Å²) in [5.41, 5.74) is 1.93. The Hall–Kier alpha value is -2.62. The highest BCUT2D eigenvalue weighted by atomic mass is 16.2. The summed E-state index contributed by atoms with van der Waals surface area (Å²) < 4.78 is 0. The standard InChI is InChI=1S/C23H28N2O2/c1-19(26)24(21-13-7-3-8-14-21)18-23(27)25(22-15-9-4-10-16-22)17-20-11-5-2-6-12-20/h2,4-6,9-12,15-16,21H,3,7-8,13-14,17-18H2,1H3. The fraction of sp³-hybridized carbons (Fsp3) is 0.391. The lowest BCUT2D eigenvalue weighted by Crippen LogP contribution is -2.47. The summed E-state index contributed by atoms with van der Waals surface area (Å²) in [6, 6.07) is 19.9. The zero-order valence-electron chi connectivity index (χ0n) is 16.0. The predicted octanol–water partition coefficient (Wildman–Crippen LogP) is 4.40. The van der Waals surface area contributed by atoms with Crippen molar-refractivity contribution in [2.75, 3.05) is 11.4 Å². The molecule has 0 aromatic heterocycles. The van der Waals surface area contributed by atoms with Crippen LogP contribution in [0.5, 0.6) is 0 Å². The van der Waals surface area contributed by atoms with Crippen LogP contribution in [0.2, 0.25) is 0 Å². The van der Waals surface area contributed by atoms with Crippen molar-refractivity contribution in [1.82, 2.24) is 4.90 Å². The Kier molecular flexibility index (Phi) is 6.64. The molecule has 3 rings (SSSR count). The van der Waals surface area contributed by atoms with E-state index in [2.05, 4.69) is 0 Å². The van der Waals surface area contributed by atoms with Gasteiger partial charge in [0.15, 0.2) is 0 Å². The molecule has 4 nitrogen and oxygen atoms in total. The molecule has 4 heteroatoms. The fourth-order valence-electron chi connectivity index (χ4n) is 3.82. The first-order valence-electron chi connectivity index (χ1n) is 9.81. The average molecular weight is 364 g/mol. The first kappa shape index (κ1) is 19.2. The number of carbonyl (C=O) groups excluding carboxylic acids is 2. The third kappa shape index (κ3) is 5.19. The quantitative estimate of drug-likeness (QED) is 0.762. The van der Waals surface area contributed by atoms with E-state index in [0.717, 1.165) is 36.9 Å². The third-order valence-electron chi connectivity index (χ3n) is 5.28. The van der Waals surface area contributed by atoms with Crippen molar-refractivity contribution in [1.29, 1.82) is 0 Å². The van der Waals surface area contributed by atoms with E-state index in [0.29, 0.717) is 6.54 Å². The highest BCUT2D eigenvalue weighted by molar-refractivity contribution is 5.96. The van der Waals surface area contributed by atoms with Crippen molar-refractivity contribution in [2.45, 2.75) is 51.6 Å². The molecule has 0 saturated heterocycles. The topological polar surface area (TPSA) is 40.6 Å². The smallest absolute Gasteiger partial charge is 0.246 e. The zero-order valence-corrected chi connectivity index (χ0v) is 16.0. The number of carbonyl (C=O) groups is 2. The van der Waals surface area contributed by atoms with Crippen LogP contribution in [-0.2, 0) is 16.1 Å². The number of hydrogen-bond acceptors (Lipinski definition) is 2. The molecule has 1 fully saturated rings. The lowest BCUT2D eigenvalue weighted by atomic mass is 9.94. The van der Waals surface area contributed by atoms with Crippen molar-refractivity contribution in [3.63, 3.8) is 0 Å². The molecular weight excluding hydrogens is 336 g/mol. The van der Waals surface area contributed by atoms with E-state index in [9.17, 15) is 9.59 Å².